The molecule has 0 radical (unpaired) electrons. The molecule has 4 aromatic rings. The summed E-state index contributed by atoms with van der Waals surface area (Å²) in [5, 5.41) is 9.02. The van der Waals surface area contributed by atoms with E-state index in [0.717, 1.165) is 16.8 Å². The van der Waals surface area contributed by atoms with Crippen LogP contribution in [-0.2, 0) is 0 Å². The Morgan fingerprint density at radius 1 is 0.854 bits per heavy atom. The van der Waals surface area contributed by atoms with Gasteiger partial charge in [0.2, 0.25) is 0 Å². The average molecular weight is 558 g/mol. The van der Waals surface area contributed by atoms with Crippen LogP contribution in [0.25, 0.3) is 0 Å². The summed E-state index contributed by atoms with van der Waals surface area (Å²) in [5.41, 5.74) is 3.24. The normalized spacial score (nSPS) is 15.8. The van der Waals surface area contributed by atoms with Crippen LogP contribution < -0.4 is 24.3 Å². The number of nitrogens with one attached hydrogen (secondary N) is 1. The van der Waals surface area contributed by atoms with Crippen molar-refractivity contribution in [1.82, 2.24) is 5.01 Å². The summed E-state index contributed by atoms with van der Waals surface area (Å²) in [5.74, 6) is 2.23. The first-order chi connectivity index (χ1) is 20.0. The number of hydrogen-bond acceptors (Lipinski definition) is 6. The molecule has 1 atom stereocenters. The number of ether oxygens (including phenoxy) is 4. The van der Waals surface area contributed by atoms with Crippen LogP contribution in [0.2, 0.25) is 0 Å². The quantitative estimate of drug-likeness (QED) is 0.268. The minimum atomic E-state index is -2.89. The monoisotopic (exact) mass is 557 g/mol. The average Bonchev–Trinajstić information content (AvgIpc) is 3.45. The smallest absolute Gasteiger partial charge is 0.387 e. The van der Waals surface area contributed by atoms with E-state index in [0.29, 0.717) is 48.4 Å². The molecule has 0 saturated heterocycles. The lowest BCUT2D eigenvalue weighted by atomic mass is 9.90. The first kappa shape index (κ1) is 26.1. The Morgan fingerprint density at radius 3 is 2.22 bits per heavy atom. The number of benzene rings is 4. The third-order valence-corrected chi connectivity index (χ3v) is 6.58. The zero-order chi connectivity index (χ0) is 28.2. The van der Waals surface area contributed by atoms with Crippen molar-refractivity contribution in [3.8, 4) is 28.7 Å². The minimum absolute atomic E-state index is 0.0432. The Bertz CT molecular complexity index is 1550. The van der Waals surface area contributed by atoms with Gasteiger partial charge in [-0.05, 0) is 71.8 Å². The predicted octanol–water partition coefficient (Wildman–Crippen LogP) is 6.89. The molecule has 8 nitrogen and oxygen atoms in total. The first-order valence-corrected chi connectivity index (χ1v) is 13.0. The van der Waals surface area contributed by atoms with Crippen molar-refractivity contribution in [3.63, 3.8) is 0 Å². The maximum absolute atomic E-state index is 13.3. The molecule has 0 bridgehead atoms. The Hall–Kier alpha value is -5.12. The van der Waals surface area contributed by atoms with Gasteiger partial charge in [-0.25, -0.2) is 9.80 Å². The molecule has 10 heteroatoms. The Labute approximate surface area is 234 Å². The molecular formula is C31H25F2N3O5. The molecule has 4 aromatic carbocycles. The molecule has 1 unspecified atom stereocenters. The Morgan fingerprint density at radius 2 is 1.51 bits per heavy atom. The zero-order valence-corrected chi connectivity index (χ0v) is 21.7. The van der Waals surface area contributed by atoms with Crippen molar-refractivity contribution in [3.05, 3.63) is 108 Å². The fraction of sp³-hybridized carbons (Fsp3) is 0.161. The molecule has 0 saturated carbocycles. The van der Waals surface area contributed by atoms with E-state index in [4.69, 9.17) is 19.3 Å². The number of carbonyl (C=O) groups excluding carboxylic acids is 1. The number of fused-ring (bicyclic) bond motifs is 1. The Kier molecular flexibility index (Phi) is 7.36. The fourth-order valence-corrected chi connectivity index (χ4v) is 4.66. The number of hydrogen-bond donors (Lipinski definition) is 1. The van der Waals surface area contributed by atoms with Crippen LogP contribution in [-0.4, -0.2) is 43.1 Å². The lowest BCUT2D eigenvalue weighted by molar-refractivity contribution is -0.0498. The van der Waals surface area contributed by atoms with Crippen LogP contribution in [0, 0.1) is 0 Å². The number of nitrogens with zero attached hydrogens (tertiary/aromatic N) is 2. The van der Waals surface area contributed by atoms with Gasteiger partial charge in [0, 0.05) is 11.6 Å². The van der Waals surface area contributed by atoms with Crippen LogP contribution >= 0.6 is 0 Å². The predicted molar refractivity (Wildman–Crippen MR) is 148 cm³/mol. The van der Waals surface area contributed by atoms with Gasteiger partial charge in [-0.15, -0.1) is 0 Å². The van der Waals surface area contributed by atoms with Gasteiger partial charge in [-0.1, -0.05) is 36.4 Å². The van der Waals surface area contributed by atoms with E-state index in [1.807, 2.05) is 48.5 Å². The van der Waals surface area contributed by atoms with Crippen molar-refractivity contribution in [2.24, 2.45) is 5.10 Å². The van der Waals surface area contributed by atoms with Crippen molar-refractivity contribution >= 4 is 17.4 Å². The highest BCUT2D eigenvalue weighted by molar-refractivity contribution is 6.07. The topological polar surface area (TPSA) is 81.6 Å². The van der Waals surface area contributed by atoms with Crippen molar-refractivity contribution in [2.45, 2.75) is 12.5 Å². The minimum Gasteiger partial charge on any atom is -0.486 e. The fourth-order valence-electron chi connectivity index (χ4n) is 4.66. The van der Waals surface area contributed by atoms with Crippen molar-refractivity contribution < 1.29 is 32.5 Å². The molecule has 1 N–H and O–H groups in total. The SMILES string of the molecule is O=C(Nc1ccc(Oc2ccc(OC(F)F)cc2)cc1)N1CC(c2ccc3c(c2)OCCO3)C(c2ccccc2)=N1. The lowest BCUT2D eigenvalue weighted by Crippen LogP contribution is -2.30. The molecule has 41 heavy (non-hydrogen) atoms. The van der Waals surface area contributed by atoms with E-state index in [1.54, 1.807) is 24.3 Å². The van der Waals surface area contributed by atoms with E-state index in [-0.39, 0.29) is 17.7 Å². The van der Waals surface area contributed by atoms with E-state index >= 15 is 0 Å². The van der Waals surface area contributed by atoms with Crippen molar-refractivity contribution in [2.75, 3.05) is 25.1 Å². The van der Waals surface area contributed by atoms with Crippen molar-refractivity contribution in [1.29, 1.82) is 0 Å². The summed E-state index contributed by atoms with van der Waals surface area (Å²) in [6.45, 7) is -1.54. The second-order valence-corrected chi connectivity index (χ2v) is 9.30. The van der Waals surface area contributed by atoms with Gasteiger partial charge in [0.1, 0.15) is 30.5 Å². The summed E-state index contributed by atoms with van der Waals surface area (Å²) >= 11 is 0. The molecule has 2 aliphatic rings. The molecule has 0 aromatic heterocycles. The number of anilines is 1. The molecule has 2 heterocycles. The van der Waals surface area contributed by atoms with Gasteiger partial charge < -0.3 is 24.3 Å². The van der Waals surface area contributed by atoms with Crippen LogP contribution in [0.4, 0.5) is 19.3 Å². The van der Waals surface area contributed by atoms with E-state index in [2.05, 4.69) is 10.1 Å². The third-order valence-electron chi connectivity index (χ3n) is 6.58. The van der Waals surface area contributed by atoms with Crippen LogP contribution in [0.15, 0.2) is 102 Å². The second-order valence-electron chi connectivity index (χ2n) is 9.30. The number of carbonyl (C=O) groups is 1. The molecule has 2 aliphatic heterocycles. The van der Waals surface area contributed by atoms with Crippen LogP contribution in [0.5, 0.6) is 28.7 Å². The van der Waals surface area contributed by atoms with Gasteiger partial charge in [0.05, 0.1) is 12.3 Å². The number of halogens is 2. The van der Waals surface area contributed by atoms with Crippen LogP contribution in [0.3, 0.4) is 0 Å². The first-order valence-electron chi connectivity index (χ1n) is 13.0. The number of alkyl halides is 2. The maximum Gasteiger partial charge on any atom is 0.387 e. The highest BCUT2D eigenvalue weighted by Gasteiger charge is 2.33. The highest BCUT2D eigenvalue weighted by Crippen LogP contribution is 2.36. The molecule has 0 fully saturated rings. The molecular weight excluding hydrogens is 532 g/mol. The number of amides is 2. The molecule has 0 spiro atoms. The number of rotatable bonds is 7. The van der Waals surface area contributed by atoms with Gasteiger partial charge in [-0.3, -0.25) is 0 Å². The number of hydrazone groups is 1. The highest BCUT2D eigenvalue weighted by atomic mass is 19.3. The van der Waals surface area contributed by atoms with E-state index < -0.39 is 6.61 Å². The number of urea groups is 1. The zero-order valence-electron chi connectivity index (χ0n) is 21.7. The van der Waals surface area contributed by atoms with Gasteiger partial charge in [-0.2, -0.15) is 13.9 Å². The van der Waals surface area contributed by atoms with E-state index in [9.17, 15) is 13.6 Å². The molecule has 6 rings (SSSR count). The summed E-state index contributed by atoms with van der Waals surface area (Å²) in [6, 6.07) is 27.9. The summed E-state index contributed by atoms with van der Waals surface area (Å²) in [4.78, 5) is 13.3. The second kappa shape index (κ2) is 11.5. The van der Waals surface area contributed by atoms with Crippen LogP contribution in [0.1, 0.15) is 17.0 Å². The standard InChI is InChI=1S/C31H25F2N3O5/c32-30(33)41-25-13-11-24(12-14-25)40-23-9-7-22(8-10-23)34-31(37)36-19-26(29(35-36)20-4-2-1-3-5-20)21-6-15-27-28(18-21)39-17-16-38-27/h1-15,18,26,30H,16-17,19H2,(H,34,37). The summed E-state index contributed by atoms with van der Waals surface area (Å²) in [6.07, 6.45) is 0. The van der Waals surface area contributed by atoms with E-state index in [1.165, 1.54) is 29.3 Å². The van der Waals surface area contributed by atoms with Gasteiger partial charge in [0.15, 0.2) is 11.5 Å². The molecule has 0 aliphatic carbocycles. The third kappa shape index (κ3) is 6.06. The maximum atomic E-state index is 13.3. The van der Waals surface area contributed by atoms with Gasteiger partial charge >= 0.3 is 12.6 Å². The van der Waals surface area contributed by atoms with Gasteiger partial charge in [0.25, 0.3) is 0 Å². The molecule has 208 valence electrons. The lowest BCUT2D eigenvalue weighted by Gasteiger charge is -2.21. The Balaban J connectivity index is 1.15. The largest absolute Gasteiger partial charge is 0.486 e. The molecule has 2 amide bonds. The summed E-state index contributed by atoms with van der Waals surface area (Å²) < 4.78 is 46.2. The summed E-state index contributed by atoms with van der Waals surface area (Å²) in [7, 11) is 0.